The summed E-state index contributed by atoms with van der Waals surface area (Å²) in [6.07, 6.45) is 0. The second kappa shape index (κ2) is 5.68. The van der Waals surface area contributed by atoms with Crippen molar-refractivity contribution in [3.8, 4) is 0 Å². The molecule has 1 aromatic carbocycles. The molecule has 1 aromatic rings. The maximum absolute atomic E-state index is 10.4. The summed E-state index contributed by atoms with van der Waals surface area (Å²) < 4.78 is 1.01. The molecule has 0 radical (unpaired) electrons. The van der Waals surface area contributed by atoms with Gasteiger partial charge in [-0.1, -0.05) is 34.6 Å². The third kappa shape index (κ3) is 4.27. The summed E-state index contributed by atoms with van der Waals surface area (Å²) in [5.74, 6) is -0.961. The van der Waals surface area contributed by atoms with Crippen LogP contribution in [0.5, 0.6) is 0 Å². The molecule has 15 heavy (non-hydrogen) atoms. The van der Waals surface area contributed by atoms with Crippen LogP contribution >= 0.6 is 15.9 Å². The lowest BCUT2D eigenvalue weighted by Crippen LogP contribution is -2.19. The van der Waals surface area contributed by atoms with Gasteiger partial charge in [-0.05, 0) is 17.7 Å². The molecule has 2 N–H and O–H groups in total. The van der Waals surface area contributed by atoms with E-state index in [2.05, 4.69) is 27.8 Å². The Hall–Kier alpha value is -1.13. The molecule has 0 atom stereocenters. The predicted molar refractivity (Wildman–Crippen MR) is 62.6 cm³/mol. The minimum atomic E-state index is -0.961. The maximum atomic E-state index is 10.4. The minimum absolute atomic E-state index is 0.171. The zero-order valence-corrected chi connectivity index (χ0v) is 9.75. The molecular formula is C11H12BrNO2. The first-order valence-corrected chi connectivity index (χ1v) is 5.25. The van der Waals surface area contributed by atoms with Gasteiger partial charge in [0.05, 0.1) is 0 Å². The predicted octanol–water partition coefficient (Wildman–Crippen LogP) is 2.18. The summed E-state index contributed by atoms with van der Waals surface area (Å²) in [7, 11) is 0. The van der Waals surface area contributed by atoms with Crippen LogP contribution in [0.2, 0.25) is 0 Å². The van der Waals surface area contributed by atoms with E-state index in [0.717, 1.165) is 10.0 Å². The van der Waals surface area contributed by atoms with E-state index in [-0.39, 0.29) is 5.57 Å². The van der Waals surface area contributed by atoms with Crippen LogP contribution in [-0.2, 0) is 11.3 Å². The molecule has 0 fully saturated rings. The summed E-state index contributed by atoms with van der Waals surface area (Å²) in [6, 6.07) is 7.84. The first kappa shape index (κ1) is 11.9. The van der Waals surface area contributed by atoms with Crippen LogP contribution in [0.4, 0.5) is 0 Å². The van der Waals surface area contributed by atoms with Crippen LogP contribution in [0.15, 0.2) is 40.9 Å². The first-order chi connectivity index (χ1) is 7.09. The molecule has 0 aliphatic rings. The van der Waals surface area contributed by atoms with Crippen LogP contribution in [0.25, 0.3) is 0 Å². The molecule has 0 unspecified atom stereocenters. The number of carbonyl (C=O) groups is 1. The van der Waals surface area contributed by atoms with Crippen molar-refractivity contribution in [1.29, 1.82) is 0 Å². The average Bonchev–Trinajstić information content (AvgIpc) is 2.17. The standard InChI is InChI=1S/C11H12BrNO2/c1-8(11(14)15)6-13-7-9-3-2-4-10(12)5-9/h2-5,13H,1,6-7H2,(H,14,15). The van der Waals surface area contributed by atoms with Gasteiger partial charge >= 0.3 is 5.97 Å². The summed E-state index contributed by atoms with van der Waals surface area (Å²) in [5, 5.41) is 11.6. The molecule has 80 valence electrons. The smallest absolute Gasteiger partial charge is 0.332 e. The largest absolute Gasteiger partial charge is 0.478 e. The number of carboxylic acid groups (broad SMARTS) is 1. The Bertz CT molecular complexity index is 377. The number of rotatable bonds is 5. The monoisotopic (exact) mass is 269 g/mol. The summed E-state index contributed by atoms with van der Waals surface area (Å²) in [5.41, 5.74) is 1.27. The molecule has 0 bridgehead atoms. The number of nitrogens with one attached hydrogen (secondary N) is 1. The van der Waals surface area contributed by atoms with E-state index in [0.29, 0.717) is 13.1 Å². The number of hydrogen-bond acceptors (Lipinski definition) is 2. The minimum Gasteiger partial charge on any atom is -0.478 e. The van der Waals surface area contributed by atoms with Gasteiger partial charge in [0.25, 0.3) is 0 Å². The second-order valence-corrected chi connectivity index (χ2v) is 4.06. The van der Waals surface area contributed by atoms with Crippen LogP contribution in [0, 0.1) is 0 Å². The topological polar surface area (TPSA) is 49.3 Å². The van der Waals surface area contributed by atoms with Gasteiger partial charge in [-0.15, -0.1) is 0 Å². The third-order valence-electron chi connectivity index (χ3n) is 1.86. The average molecular weight is 270 g/mol. The zero-order chi connectivity index (χ0) is 11.3. The van der Waals surface area contributed by atoms with Gasteiger partial charge in [-0.25, -0.2) is 4.79 Å². The van der Waals surface area contributed by atoms with Gasteiger partial charge in [0.2, 0.25) is 0 Å². The van der Waals surface area contributed by atoms with Gasteiger partial charge in [0.15, 0.2) is 0 Å². The molecular weight excluding hydrogens is 258 g/mol. The van der Waals surface area contributed by atoms with E-state index < -0.39 is 5.97 Å². The second-order valence-electron chi connectivity index (χ2n) is 3.14. The SMILES string of the molecule is C=C(CNCc1cccc(Br)c1)C(=O)O. The highest BCUT2D eigenvalue weighted by Crippen LogP contribution is 2.11. The molecule has 4 heteroatoms. The van der Waals surface area contributed by atoms with E-state index in [9.17, 15) is 4.79 Å². The van der Waals surface area contributed by atoms with Crippen molar-refractivity contribution in [2.75, 3.05) is 6.54 Å². The van der Waals surface area contributed by atoms with Crippen LogP contribution in [0.1, 0.15) is 5.56 Å². The van der Waals surface area contributed by atoms with Crippen LogP contribution in [0.3, 0.4) is 0 Å². The van der Waals surface area contributed by atoms with Gasteiger partial charge in [-0.3, -0.25) is 0 Å². The van der Waals surface area contributed by atoms with E-state index >= 15 is 0 Å². The van der Waals surface area contributed by atoms with Crippen LogP contribution in [-0.4, -0.2) is 17.6 Å². The molecule has 0 aromatic heterocycles. The first-order valence-electron chi connectivity index (χ1n) is 4.46. The van der Waals surface area contributed by atoms with Gasteiger partial charge in [0.1, 0.15) is 0 Å². The van der Waals surface area contributed by atoms with Crippen molar-refractivity contribution >= 4 is 21.9 Å². The number of benzene rings is 1. The number of hydrogen-bond donors (Lipinski definition) is 2. The van der Waals surface area contributed by atoms with Crippen LogP contribution < -0.4 is 5.32 Å². The Balaban J connectivity index is 2.38. The Kier molecular flexibility index (Phi) is 4.52. The zero-order valence-electron chi connectivity index (χ0n) is 8.16. The summed E-state index contributed by atoms with van der Waals surface area (Å²) in [6.45, 7) is 4.36. The molecule has 1 rings (SSSR count). The van der Waals surface area contributed by atoms with Gasteiger partial charge in [0, 0.05) is 23.1 Å². The fourth-order valence-electron chi connectivity index (χ4n) is 1.08. The molecule has 0 saturated heterocycles. The Morgan fingerprint density at radius 2 is 2.27 bits per heavy atom. The highest BCUT2D eigenvalue weighted by Gasteiger charge is 2.02. The molecule has 0 spiro atoms. The molecule has 3 nitrogen and oxygen atoms in total. The summed E-state index contributed by atoms with van der Waals surface area (Å²) in [4.78, 5) is 10.4. The Labute approximate surface area is 96.9 Å². The Morgan fingerprint density at radius 1 is 1.53 bits per heavy atom. The number of aliphatic carboxylic acids is 1. The lowest BCUT2D eigenvalue weighted by molar-refractivity contribution is -0.132. The van der Waals surface area contributed by atoms with Crippen molar-refractivity contribution in [3.63, 3.8) is 0 Å². The Morgan fingerprint density at radius 3 is 2.87 bits per heavy atom. The molecule has 0 aliphatic heterocycles. The normalized spacial score (nSPS) is 9.93. The number of carboxylic acids is 1. The molecule has 0 saturated carbocycles. The quantitative estimate of drug-likeness (QED) is 0.806. The fraction of sp³-hybridized carbons (Fsp3) is 0.182. The molecule has 0 heterocycles. The van der Waals surface area contributed by atoms with E-state index in [4.69, 9.17) is 5.11 Å². The highest BCUT2D eigenvalue weighted by molar-refractivity contribution is 9.10. The fourth-order valence-corrected chi connectivity index (χ4v) is 1.53. The van der Waals surface area contributed by atoms with Gasteiger partial charge in [-0.2, -0.15) is 0 Å². The highest BCUT2D eigenvalue weighted by atomic mass is 79.9. The summed E-state index contributed by atoms with van der Waals surface area (Å²) >= 11 is 3.37. The van der Waals surface area contributed by atoms with Crippen molar-refractivity contribution in [2.45, 2.75) is 6.54 Å². The molecule has 0 aliphatic carbocycles. The lowest BCUT2D eigenvalue weighted by atomic mass is 10.2. The third-order valence-corrected chi connectivity index (χ3v) is 2.35. The van der Waals surface area contributed by atoms with E-state index in [1.807, 2.05) is 24.3 Å². The lowest BCUT2D eigenvalue weighted by Gasteiger charge is -2.04. The van der Waals surface area contributed by atoms with Crippen molar-refractivity contribution in [1.82, 2.24) is 5.32 Å². The van der Waals surface area contributed by atoms with E-state index in [1.54, 1.807) is 0 Å². The molecule has 0 amide bonds. The van der Waals surface area contributed by atoms with Crippen molar-refractivity contribution in [3.05, 3.63) is 46.5 Å². The van der Waals surface area contributed by atoms with Gasteiger partial charge < -0.3 is 10.4 Å². The number of halogens is 1. The van der Waals surface area contributed by atoms with Crippen molar-refractivity contribution < 1.29 is 9.90 Å². The van der Waals surface area contributed by atoms with E-state index in [1.165, 1.54) is 0 Å². The maximum Gasteiger partial charge on any atom is 0.332 e. The van der Waals surface area contributed by atoms with Crippen molar-refractivity contribution in [2.24, 2.45) is 0 Å².